The van der Waals surface area contributed by atoms with Crippen LogP contribution in [0.25, 0.3) is 0 Å². The van der Waals surface area contributed by atoms with Crippen LogP contribution in [0.15, 0.2) is 72.5 Å². The first kappa shape index (κ1) is 26.4. The lowest BCUT2D eigenvalue weighted by atomic mass is 10.1. The fourth-order valence-corrected chi connectivity index (χ4v) is 6.22. The minimum Gasteiger partial charge on any atom is -0.376 e. The largest absolute Gasteiger partial charge is 0.376 e. The van der Waals surface area contributed by atoms with Crippen molar-refractivity contribution in [1.82, 2.24) is 14.5 Å². The van der Waals surface area contributed by atoms with E-state index in [4.69, 9.17) is 27.9 Å². The van der Waals surface area contributed by atoms with E-state index in [1.807, 2.05) is 6.07 Å². The zero-order valence-electron chi connectivity index (χ0n) is 19.6. The van der Waals surface area contributed by atoms with Gasteiger partial charge in [0.05, 0.1) is 40.9 Å². The molecule has 1 fully saturated rings. The molecule has 3 aromatic rings. The van der Waals surface area contributed by atoms with E-state index in [9.17, 15) is 13.2 Å². The summed E-state index contributed by atoms with van der Waals surface area (Å²) in [6.45, 7) is 5.10. The Bertz CT molecular complexity index is 1340. The number of halogens is 2. The molecule has 0 bridgehead atoms. The molecule has 1 atom stereocenters. The van der Waals surface area contributed by atoms with E-state index in [2.05, 4.69) is 11.6 Å². The number of nitrogens with zero attached hydrogens (tertiary/aromatic N) is 3. The first-order valence-electron chi connectivity index (χ1n) is 11.6. The molecule has 190 valence electrons. The Kier molecular flexibility index (Phi) is 8.51. The summed E-state index contributed by atoms with van der Waals surface area (Å²) in [6, 6.07) is 13.7. The second-order valence-electron chi connectivity index (χ2n) is 8.62. The number of carbonyl (C=O) groups excluding carboxylic acids is 1. The van der Waals surface area contributed by atoms with Gasteiger partial charge in [0.1, 0.15) is 0 Å². The number of amides is 1. The van der Waals surface area contributed by atoms with E-state index in [1.54, 1.807) is 51.9 Å². The van der Waals surface area contributed by atoms with Crippen LogP contribution in [-0.2, 0) is 33.4 Å². The fraction of sp³-hybridized carbons (Fsp3) is 0.308. The number of sulfone groups is 1. The third-order valence-electron chi connectivity index (χ3n) is 5.94. The van der Waals surface area contributed by atoms with Crippen LogP contribution in [0.1, 0.15) is 34.5 Å². The van der Waals surface area contributed by atoms with Crippen molar-refractivity contribution in [2.75, 3.05) is 13.2 Å². The standard InChI is InChI=1S/C26H27Cl2N3O4S/c1-2-12-31-21(15-29-26(31)36(33,34)18-19-7-4-3-5-8-19)16-30(17-22-9-6-13-35-22)25(32)23-11-10-20(27)14-24(23)28/h2-5,7-8,10-11,14-15,22H,1,6,9,12-13,16-18H2. The Morgan fingerprint density at radius 3 is 2.67 bits per heavy atom. The quantitative estimate of drug-likeness (QED) is 0.327. The van der Waals surface area contributed by atoms with Gasteiger partial charge in [-0.15, -0.1) is 6.58 Å². The number of hydrogen-bond donors (Lipinski definition) is 0. The normalized spacial score (nSPS) is 15.7. The van der Waals surface area contributed by atoms with Gasteiger partial charge in [-0.3, -0.25) is 4.79 Å². The molecule has 1 aliphatic heterocycles. The van der Waals surface area contributed by atoms with Gasteiger partial charge in [0.25, 0.3) is 5.91 Å². The summed E-state index contributed by atoms with van der Waals surface area (Å²) in [5, 5.41) is 0.616. The number of aromatic nitrogens is 2. The number of imidazole rings is 1. The number of benzene rings is 2. The molecule has 1 unspecified atom stereocenters. The lowest BCUT2D eigenvalue weighted by Gasteiger charge is -2.26. The highest BCUT2D eigenvalue weighted by Crippen LogP contribution is 2.25. The van der Waals surface area contributed by atoms with Crippen LogP contribution in [0.5, 0.6) is 0 Å². The van der Waals surface area contributed by atoms with Crippen molar-refractivity contribution in [2.24, 2.45) is 0 Å². The topological polar surface area (TPSA) is 81.5 Å². The Labute approximate surface area is 221 Å². The fourth-order valence-electron chi connectivity index (χ4n) is 4.23. The van der Waals surface area contributed by atoms with E-state index in [0.29, 0.717) is 35.0 Å². The molecule has 1 amide bonds. The second kappa shape index (κ2) is 11.6. The monoisotopic (exact) mass is 547 g/mol. The van der Waals surface area contributed by atoms with E-state index < -0.39 is 9.84 Å². The van der Waals surface area contributed by atoms with Gasteiger partial charge >= 0.3 is 0 Å². The second-order valence-corrected chi connectivity index (χ2v) is 11.3. The predicted molar refractivity (Wildman–Crippen MR) is 140 cm³/mol. The molecule has 10 heteroatoms. The summed E-state index contributed by atoms with van der Waals surface area (Å²) < 4.78 is 33.9. The molecule has 0 radical (unpaired) electrons. The third-order valence-corrected chi connectivity index (χ3v) is 8.08. The van der Waals surface area contributed by atoms with Crippen molar-refractivity contribution in [3.8, 4) is 0 Å². The first-order chi connectivity index (χ1) is 17.3. The van der Waals surface area contributed by atoms with Gasteiger partial charge in [0.2, 0.25) is 15.0 Å². The molecule has 0 N–H and O–H groups in total. The van der Waals surface area contributed by atoms with Crippen LogP contribution in [0.3, 0.4) is 0 Å². The lowest BCUT2D eigenvalue weighted by Crippen LogP contribution is -2.37. The van der Waals surface area contributed by atoms with Crippen LogP contribution in [0.2, 0.25) is 10.0 Å². The van der Waals surface area contributed by atoms with Crippen LogP contribution < -0.4 is 0 Å². The van der Waals surface area contributed by atoms with Gasteiger partial charge in [-0.05, 0) is 36.6 Å². The number of carbonyl (C=O) groups is 1. The number of hydrogen-bond acceptors (Lipinski definition) is 5. The van der Waals surface area contributed by atoms with Crippen LogP contribution in [0.4, 0.5) is 0 Å². The third kappa shape index (κ3) is 6.18. The van der Waals surface area contributed by atoms with Gasteiger partial charge in [-0.1, -0.05) is 59.6 Å². The van der Waals surface area contributed by atoms with Crippen molar-refractivity contribution in [3.63, 3.8) is 0 Å². The average Bonchev–Trinajstić information content (AvgIpc) is 3.49. The van der Waals surface area contributed by atoms with Crippen molar-refractivity contribution in [3.05, 3.63) is 94.2 Å². The summed E-state index contributed by atoms with van der Waals surface area (Å²) in [4.78, 5) is 19.4. The predicted octanol–water partition coefficient (Wildman–Crippen LogP) is 5.17. The number of allylic oxidation sites excluding steroid dienone is 1. The molecule has 0 aliphatic carbocycles. The maximum absolute atomic E-state index is 13.6. The maximum atomic E-state index is 13.6. The Balaban J connectivity index is 1.66. The highest BCUT2D eigenvalue weighted by molar-refractivity contribution is 7.90. The van der Waals surface area contributed by atoms with Crippen molar-refractivity contribution < 1.29 is 17.9 Å². The Morgan fingerprint density at radius 2 is 2.00 bits per heavy atom. The summed E-state index contributed by atoms with van der Waals surface area (Å²) in [5.41, 5.74) is 1.54. The van der Waals surface area contributed by atoms with E-state index in [1.165, 1.54) is 12.3 Å². The smallest absolute Gasteiger partial charge is 0.255 e. The van der Waals surface area contributed by atoms with Crippen LogP contribution in [-0.4, -0.2) is 48.0 Å². The summed E-state index contributed by atoms with van der Waals surface area (Å²) in [7, 11) is -3.75. The van der Waals surface area contributed by atoms with E-state index in [-0.39, 0.29) is 41.0 Å². The summed E-state index contributed by atoms with van der Waals surface area (Å²) in [5.74, 6) is -0.479. The maximum Gasteiger partial charge on any atom is 0.255 e. The molecule has 1 aromatic heterocycles. The number of ether oxygens (including phenoxy) is 1. The van der Waals surface area contributed by atoms with Crippen molar-refractivity contribution in [1.29, 1.82) is 0 Å². The average molecular weight is 548 g/mol. The molecule has 4 rings (SSSR count). The van der Waals surface area contributed by atoms with Gasteiger partial charge in [0.15, 0.2) is 0 Å². The van der Waals surface area contributed by atoms with Crippen molar-refractivity contribution in [2.45, 2.75) is 42.9 Å². The summed E-state index contributed by atoms with van der Waals surface area (Å²) >= 11 is 12.4. The first-order valence-corrected chi connectivity index (χ1v) is 14.0. The molecule has 0 saturated carbocycles. The molecule has 0 spiro atoms. The minimum atomic E-state index is -3.75. The molecular formula is C26H27Cl2N3O4S. The molecule has 2 heterocycles. The van der Waals surface area contributed by atoms with E-state index in [0.717, 1.165) is 12.8 Å². The molecule has 1 aliphatic rings. The van der Waals surface area contributed by atoms with Gasteiger partial charge < -0.3 is 14.2 Å². The Hall–Kier alpha value is -2.65. The number of rotatable bonds is 10. The zero-order chi connectivity index (χ0) is 25.7. The zero-order valence-corrected chi connectivity index (χ0v) is 22.0. The van der Waals surface area contributed by atoms with Gasteiger partial charge in [-0.25, -0.2) is 13.4 Å². The van der Waals surface area contributed by atoms with Crippen LogP contribution >= 0.6 is 23.2 Å². The molecule has 7 nitrogen and oxygen atoms in total. The summed E-state index contributed by atoms with van der Waals surface area (Å²) in [6.07, 6.45) is 4.75. The molecular weight excluding hydrogens is 521 g/mol. The van der Waals surface area contributed by atoms with Gasteiger partial charge in [0, 0.05) is 24.7 Å². The molecule has 2 aromatic carbocycles. The van der Waals surface area contributed by atoms with Crippen LogP contribution in [0, 0.1) is 0 Å². The highest BCUT2D eigenvalue weighted by atomic mass is 35.5. The molecule has 36 heavy (non-hydrogen) atoms. The molecule has 1 saturated heterocycles. The minimum absolute atomic E-state index is 0.0599. The SMILES string of the molecule is C=CCn1c(CN(CC2CCCO2)C(=O)c2ccc(Cl)cc2Cl)cnc1S(=O)(=O)Cc1ccccc1. The van der Waals surface area contributed by atoms with Gasteiger partial charge in [-0.2, -0.15) is 0 Å². The van der Waals surface area contributed by atoms with E-state index >= 15 is 0 Å². The highest BCUT2D eigenvalue weighted by Gasteiger charge is 2.28. The Morgan fingerprint density at radius 1 is 1.22 bits per heavy atom. The lowest BCUT2D eigenvalue weighted by molar-refractivity contribution is 0.0502. The van der Waals surface area contributed by atoms with Crippen molar-refractivity contribution >= 4 is 38.9 Å².